The standard InChI is InChI=1S/C25H36N6S/c1-4-17-9-5-7-11-21(17)29-25(32)27-19-15-13-18(14-16-19)26-24-28-22-12-8-6-10-20(22)23(30-24)31(2)3/h5,7,9,11,18-19H,4,6,8,10,12-16H2,1-3H3,(H,26,28,30)(H2,27,29,32)/t18-,19+. The molecule has 0 saturated heterocycles. The number of hydrogen-bond acceptors (Lipinski definition) is 5. The van der Waals surface area contributed by atoms with E-state index in [0.717, 1.165) is 67.5 Å². The summed E-state index contributed by atoms with van der Waals surface area (Å²) in [7, 11) is 4.15. The second-order valence-corrected chi connectivity index (χ2v) is 9.61. The molecular weight excluding hydrogens is 416 g/mol. The summed E-state index contributed by atoms with van der Waals surface area (Å²) < 4.78 is 0. The van der Waals surface area contributed by atoms with Gasteiger partial charge in [0.25, 0.3) is 0 Å². The number of nitrogens with one attached hydrogen (secondary N) is 3. The fourth-order valence-corrected chi connectivity index (χ4v) is 5.14. The third kappa shape index (κ3) is 5.49. The lowest BCUT2D eigenvalue weighted by molar-refractivity contribution is 0.387. The summed E-state index contributed by atoms with van der Waals surface area (Å²) in [6, 6.07) is 9.17. The number of thiocarbonyl (C=S) groups is 1. The van der Waals surface area contributed by atoms with E-state index in [0.29, 0.717) is 12.1 Å². The molecule has 1 saturated carbocycles. The van der Waals surface area contributed by atoms with Gasteiger partial charge in [0.05, 0.1) is 5.69 Å². The highest BCUT2D eigenvalue weighted by Crippen LogP contribution is 2.29. The molecule has 2 aliphatic rings. The second kappa shape index (κ2) is 10.5. The highest BCUT2D eigenvalue weighted by atomic mass is 32.1. The number of aromatic nitrogens is 2. The molecule has 0 spiro atoms. The van der Waals surface area contributed by atoms with Crippen LogP contribution < -0.4 is 20.9 Å². The minimum Gasteiger partial charge on any atom is -0.362 e. The Labute approximate surface area is 197 Å². The van der Waals surface area contributed by atoms with Crippen LogP contribution in [0.5, 0.6) is 0 Å². The Morgan fingerprint density at radius 2 is 1.75 bits per heavy atom. The first kappa shape index (κ1) is 22.8. The normalized spacial score (nSPS) is 20.2. The lowest BCUT2D eigenvalue weighted by Gasteiger charge is -2.31. The van der Waals surface area contributed by atoms with Crippen molar-refractivity contribution in [3.05, 3.63) is 41.1 Å². The molecular formula is C25H36N6S. The average molecular weight is 453 g/mol. The maximum Gasteiger partial charge on any atom is 0.225 e. The highest BCUT2D eigenvalue weighted by Gasteiger charge is 2.24. The van der Waals surface area contributed by atoms with Gasteiger partial charge in [0, 0.05) is 37.4 Å². The minimum absolute atomic E-state index is 0.406. The molecule has 1 fully saturated rings. The monoisotopic (exact) mass is 452 g/mol. The number of benzene rings is 1. The molecule has 0 bridgehead atoms. The Morgan fingerprint density at radius 3 is 2.50 bits per heavy atom. The molecule has 0 unspecified atom stereocenters. The predicted molar refractivity (Wildman–Crippen MR) is 138 cm³/mol. The lowest BCUT2D eigenvalue weighted by atomic mass is 9.91. The van der Waals surface area contributed by atoms with E-state index in [2.05, 4.69) is 60.1 Å². The Kier molecular flexibility index (Phi) is 7.45. The molecule has 2 aromatic rings. The first-order valence-corrected chi connectivity index (χ1v) is 12.4. The minimum atomic E-state index is 0.406. The maximum absolute atomic E-state index is 5.59. The molecule has 32 heavy (non-hydrogen) atoms. The fourth-order valence-electron chi connectivity index (χ4n) is 4.87. The van der Waals surface area contributed by atoms with Crippen LogP contribution in [0.3, 0.4) is 0 Å². The van der Waals surface area contributed by atoms with Crippen LogP contribution >= 0.6 is 12.2 Å². The van der Waals surface area contributed by atoms with Crippen molar-refractivity contribution in [1.82, 2.24) is 15.3 Å². The third-order valence-electron chi connectivity index (χ3n) is 6.63. The summed E-state index contributed by atoms with van der Waals surface area (Å²) in [6.07, 6.45) is 9.95. The van der Waals surface area contributed by atoms with Crippen molar-refractivity contribution in [3.8, 4) is 0 Å². The van der Waals surface area contributed by atoms with Crippen LogP contribution in [-0.2, 0) is 19.3 Å². The summed E-state index contributed by atoms with van der Waals surface area (Å²) >= 11 is 5.59. The topological polar surface area (TPSA) is 65.1 Å². The van der Waals surface area contributed by atoms with Crippen LogP contribution in [0.1, 0.15) is 62.3 Å². The van der Waals surface area contributed by atoms with E-state index < -0.39 is 0 Å². The van der Waals surface area contributed by atoms with Gasteiger partial charge in [0.2, 0.25) is 5.95 Å². The zero-order chi connectivity index (χ0) is 22.5. The smallest absolute Gasteiger partial charge is 0.225 e. The maximum atomic E-state index is 5.59. The molecule has 0 aliphatic heterocycles. The number of para-hydroxylation sites is 1. The summed E-state index contributed by atoms with van der Waals surface area (Å²) in [6.45, 7) is 2.17. The largest absolute Gasteiger partial charge is 0.362 e. The second-order valence-electron chi connectivity index (χ2n) is 9.20. The number of fused-ring (bicyclic) bond motifs is 1. The van der Waals surface area contributed by atoms with E-state index in [4.69, 9.17) is 22.2 Å². The molecule has 0 atom stereocenters. The van der Waals surface area contributed by atoms with Gasteiger partial charge in [0.1, 0.15) is 5.82 Å². The van der Waals surface area contributed by atoms with Crippen LogP contribution in [0.2, 0.25) is 0 Å². The summed E-state index contributed by atoms with van der Waals surface area (Å²) in [5.41, 5.74) is 4.96. The van der Waals surface area contributed by atoms with Crippen molar-refractivity contribution in [3.63, 3.8) is 0 Å². The molecule has 7 heteroatoms. The van der Waals surface area contributed by atoms with E-state index in [1.807, 2.05) is 6.07 Å². The lowest BCUT2D eigenvalue weighted by Crippen LogP contribution is -2.42. The van der Waals surface area contributed by atoms with Gasteiger partial charge in [-0.1, -0.05) is 25.1 Å². The number of anilines is 3. The Hall–Kier alpha value is -2.41. The third-order valence-corrected chi connectivity index (χ3v) is 6.85. The number of nitrogens with zero attached hydrogens (tertiary/aromatic N) is 3. The molecule has 1 heterocycles. The van der Waals surface area contributed by atoms with Gasteiger partial charge in [-0.05, 0) is 81.6 Å². The zero-order valence-electron chi connectivity index (χ0n) is 19.6. The predicted octanol–water partition coefficient (Wildman–Crippen LogP) is 4.69. The molecule has 0 amide bonds. The molecule has 172 valence electrons. The van der Waals surface area contributed by atoms with Crippen LogP contribution in [0, 0.1) is 0 Å². The Bertz CT molecular complexity index is 936. The van der Waals surface area contributed by atoms with Gasteiger partial charge < -0.3 is 20.9 Å². The molecule has 3 N–H and O–H groups in total. The van der Waals surface area contributed by atoms with Gasteiger partial charge in [0.15, 0.2) is 5.11 Å². The van der Waals surface area contributed by atoms with Crippen LogP contribution in [-0.4, -0.2) is 41.3 Å². The average Bonchev–Trinajstić information content (AvgIpc) is 2.80. The van der Waals surface area contributed by atoms with Gasteiger partial charge in [-0.15, -0.1) is 0 Å². The highest BCUT2D eigenvalue weighted by molar-refractivity contribution is 7.80. The number of rotatable bonds is 6. The summed E-state index contributed by atoms with van der Waals surface area (Å²) in [5, 5.41) is 11.3. The summed E-state index contributed by atoms with van der Waals surface area (Å²) in [5.74, 6) is 1.87. The SMILES string of the molecule is CCc1ccccc1NC(=S)N[C@H]1CC[C@@H](Nc2nc3c(c(N(C)C)n2)CCCC3)CC1. The van der Waals surface area contributed by atoms with Gasteiger partial charge in [-0.25, -0.2) is 4.98 Å². The van der Waals surface area contributed by atoms with Gasteiger partial charge in [-0.3, -0.25) is 0 Å². The van der Waals surface area contributed by atoms with Crippen molar-refractivity contribution in [1.29, 1.82) is 0 Å². The molecule has 1 aromatic carbocycles. The van der Waals surface area contributed by atoms with Crippen molar-refractivity contribution < 1.29 is 0 Å². The molecule has 0 radical (unpaired) electrons. The van der Waals surface area contributed by atoms with Crippen molar-refractivity contribution >= 4 is 34.8 Å². The van der Waals surface area contributed by atoms with Crippen LogP contribution in [0.15, 0.2) is 24.3 Å². The molecule has 6 nitrogen and oxygen atoms in total. The van der Waals surface area contributed by atoms with E-state index in [9.17, 15) is 0 Å². The van der Waals surface area contributed by atoms with E-state index in [1.165, 1.54) is 29.7 Å². The Balaban J connectivity index is 1.30. The van der Waals surface area contributed by atoms with E-state index in [1.54, 1.807) is 0 Å². The van der Waals surface area contributed by atoms with E-state index >= 15 is 0 Å². The van der Waals surface area contributed by atoms with Crippen molar-refractivity contribution in [2.24, 2.45) is 0 Å². The van der Waals surface area contributed by atoms with E-state index in [-0.39, 0.29) is 0 Å². The first-order valence-electron chi connectivity index (χ1n) is 12.0. The van der Waals surface area contributed by atoms with Crippen molar-refractivity contribution in [2.45, 2.75) is 76.8 Å². The van der Waals surface area contributed by atoms with Gasteiger partial charge >= 0.3 is 0 Å². The molecule has 2 aliphatic carbocycles. The van der Waals surface area contributed by atoms with Crippen LogP contribution in [0.4, 0.5) is 17.5 Å². The van der Waals surface area contributed by atoms with Crippen LogP contribution in [0.25, 0.3) is 0 Å². The molecule has 1 aromatic heterocycles. The zero-order valence-corrected chi connectivity index (χ0v) is 20.4. The quantitative estimate of drug-likeness (QED) is 0.549. The number of hydrogen-bond donors (Lipinski definition) is 3. The van der Waals surface area contributed by atoms with Crippen molar-refractivity contribution in [2.75, 3.05) is 29.6 Å². The number of aryl methyl sites for hydroxylation is 2. The fraction of sp³-hybridized carbons (Fsp3) is 0.560. The Morgan fingerprint density at radius 1 is 1.03 bits per heavy atom. The first-order chi connectivity index (χ1) is 15.5. The molecule has 4 rings (SSSR count). The van der Waals surface area contributed by atoms with Gasteiger partial charge in [-0.2, -0.15) is 4.98 Å². The summed E-state index contributed by atoms with van der Waals surface area (Å²) in [4.78, 5) is 11.9.